The van der Waals surface area contributed by atoms with Crippen molar-refractivity contribution >= 4 is 23.2 Å². The van der Waals surface area contributed by atoms with Crippen molar-refractivity contribution in [2.45, 2.75) is 13.5 Å². The van der Waals surface area contributed by atoms with Crippen LogP contribution in [0.25, 0.3) is 11.3 Å². The molecule has 1 aromatic heterocycles. The van der Waals surface area contributed by atoms with E-state index in [9.17, 15) is 4.79 Å². The smallest absolute Gasteiger partial charge is 0.262 e. The topological polar surface area (TPSA) is 71.7 Å². The molecule has 1 amide bonds. The number of ether oxygens (including phenoxy) is 1. The van der Waals surface area contributed by atoms with E-state index >= 15 is 0 Å². The fraction of sp³-hybridized carbons (Fsp3) is 0.150. The van der Waals surface area contributed by atoms with Crippen LogP contribution in [0.1, 0.15) is 11.3 Å². The van der Waals surface area contributed by atoms with E-state index in [4.69, 9.17) is 25.9 Å². The lowest BCUT2D eigenvalue weighted by Crippen LogP contribution is -2.20. The Labute approximate surface area is 156 Å². The van der Waals surface area contributed by atoms with Gasteiger partial charge < -0.3 is 19.6 Å². The minimum Gasteiger partial charge on any atom is -0.483 e. The summed E-state index contributed by atoms with van der Waals surface area (Å²) in [5.74, 6) is 1.53. The number of benzene rings is 2. The highest BCUT2D eigenvalue weighted by molar-refractivity contribution is 6.30. The zero-order valence-corrected chi connectivity index (χ0v) is 14.9. The lowest BCUT2D eigenvalue weighted by Gasteiger charge is -2.10. The van der Waals surface area contributed by atoms with Crippen molar-refractivity contribution in [1.82, 2.24) is 0 Å². The molecule has 3 aromatic rings. The van der Waals surface area contributed by atoms with E-state index in [0.717, 1.165) is 11.1 Å². The van der Waals surface area contributed by atoms with Gasteiger partial charge in [0, 0.05) is 16.3 Å². The third-order valence-electron chi connectivity index (χ3n) is 3.77. The van der Waals surface area contributed by atoms with Crippen LogP contribution in [-0.4, -0.2) is 17.6 Å². The molecule has 0 spiro atoms. The zero-order chi connectivity index (χ0) is 18.5. The van der Waals surface area contributed by atoms with Crippen LogP contribution < -0.4 is 10.1 Å². The highest BCUT2D eigenvalue weighted by Crippen LogP contribution is 2.24. The second-order valence-electron chi connectivity index (χ2n) is 5.75. The first-order valence-corrected chi connectivity index (χ1v) is 8.42. The van der Waals surface area contributed by atoms with Gasteiger partial charge in [-0.1, -0.05) is 11.6 Å². The molecule has 26 heavy (non-hydrogen) atoms. The third-order valence-corrected chi connectivity index (χ3v) is 4.00. The Balaban J connectivity index is 1.57. The molecule has 0 radical (unpaired) electrons. The van der Waals surface area contributed by atoms with Crippen molar-refractivity contribution in [2.75, 3.05) is 11.9 Å². The molecule has 0 saturated carbocycles. The van der Waals surface area contributed by atoms with Crippen molar-refractivity contribution in [1.29, 1.82) is 0 Å². The van der Waals surface area contributed by atoms with E-state index in [1.54, 1.807) is 42.5 Å². The van der Waals surface area contributed by atoms with Gasteiger partial charge in [-0.25, -0.2) is 0 Å². The number of nitrogens with one attached hydrogen (secondary N) is 1. The van der Waals surface area contributed by atoms with Crippen molar-refractivity contribution in [3.63, 3.8) is 0 Å². The second kappa shape index (κ2) is 8.08. The average Bonchev–Trinajstić information content (AvgIpc) is 3.11. The fourth-order valence-corrected chi connectivity index (χ4v) is 2.68. The number of anilines is 1. The first-order chi connectivity index (χ1) is 12.5. The third kappa shape index (κ3) is 4.45. The number of amides is 1. The molecule has 0 fully saturated rings. The van der Waals surface area contributed by atoms with Crippen LogP contribution in [0.3, 0.4) is 0 Å². The van der Waals surface area contributed by atoms with Gasteiger partial charge in [0.2, 0.25) is 0 Å². The molecule has 0 bridgehead atoms. The molecule has 0 aliphatic rings. The van der Waals surface area contributed by atoms with Crippen LogP contribution >= 0.6 is 11.6 Å². The molecule has 1 heterocycles. The minimum absolute atomic E-state index is 0.0950. The minimum atomic E-state index is -0.257. The van der Waals surface area contributed by atoms with Gasteiger partial charge in [0.1, 0.15) is 23.9 Å². The van der Waals surface area contributed by atoms with Gasteiger partial charge in [0.25, 0.3) is 5.91 Å². The molecule has 2 N–H and O–H groups in total. The number of aliphatic hydroxyl groups is 1. The van der Waals surface area contributed by atoms with Crippen LogP contribution in [0.4, 0.5) is 5.69 Å². The molecule has 0 atom stereocenters. The lowest BCUT2D eigenvalue weighted by atomic mass is 10.1. The Morgan fingerprint density at radius 2 is 1.92 bits per heavy atom. The summed E-state index contributed by atoms with van der Waals surface area (Å²) in [5.41, 5.74) is 2.38. The SMILES string of the molecule is Cc1cc(Cl)ccc1OCC(=O)Nc1ccc(-c2ccc(CO)o2)cc1. The van der Waals surface area contributed by atoms with Gasteiger partial charge in [-0.2, -0.15) is 0 Å². The molecule has 0 saturated heterocycles. The second-order valence-corrected chi connectivity index (χ2v) is 6.18. The van der Waals surface area contributed by atoms with E-state index in [0.29, 0.717) is 28.0 Å². The van der Waals surface area contributed by atoms with Crippen LogP contribution in [0.2, 0.25) is 5.02 Å². The van der Waals surface area contributed by atoms with Gasteiger partial charge in [-0.05, 0) is 67.1 Å². The molecule has 2 aromatic carbocycles. The van der Waals surface area contributed by atoms with E-state index < -0.39 is 0 Å². The Morgan fingerprint density at radius 1 is 1.15 bits per heavy atom. The average molecular weight is 372 g/mol. The summed E-state index contributed by atoms with van der Waals surface area (Å²) in [6, 6.07) is 16.0. The maximum atomic E-state index is 12.1. The first-order valence-electron chi connectivity index (χ1n) is 8.04. The molecule has 5 nitrogen and oxygen atoms in total. The van der Waals surface area contributed by atoms with E-state index in [1.165, 1.54) is 0 Å². The number of aryl methyl sites for hydroxylation is 1. The van der Waals surface area contributed by atoms with Crippen LogP contribution in [0.5, 0.6) is 5.75 Å². The highest BCUT2D eigenvalue weighted by atomic mass is 35.5. The molecule has 6 heteroatoms. The molecular formula is C20H18ClNO4. The lowest BCUT2D eigenvalue weighted by molar-refractivity contribution is -0.118. The molecule has 0 unspecified atom stereocenters. The van der Waals surface area contributed by atoms with Crippen molar-refractivity contribution in [3.05, 3.63) is 70.9 Å². The van der Waals surface area contributed by atoms with Crippen LogP contribution in [-0.2, 0) is 11.4 Å². The van der Waals surface area contributed by atoms with Gasteiger partial charge >= 0.3 is 0 Å². The summed E-state index contributed by atoms with van der Waals surface area (Å²) in [6.45, 7) is 1.64. The zero-order valence-electron chi connectivity index (χ0n) is 14.2. The van der Waals surface area contributed by atoms with Crippen molar-refractivity contribution in [3.8, 4) is 17.1 Å². The number of hydrogen-bond acceptors (Lipinski definition) is 4. The van der Waals surface area contributed by atoms with Gasteiger partial charge in [0.15, 0.2) is 6.61 Å². The number of furan rings is 1. The maximum Gasteiger partial charge on any atom is 0.262 e. The van der Waals surface area contributed by atoms with Gasteiger partial charge in [-0.3, -0.25) is 4.79 Å². The summed E-state index contributed by atoms with van der Waals surface area (Å²) < 4.78 is 11.0. The molecule has 0 aliphatic carbocycles. The Hall–Kier alpha value is -2.76. The molecule has 134 valence electrons. The number of aliphatic hydroxyl groups excluding tert-OH is 1. The van der Waals surface area contributed by atoms with Crippen LogP contribution in [0, 0.1) is 6.92 Å². The van der Waals surface area contributed by atoms with E-state index in [1.807, 2.05) is 19.1 Å². The summed E-state index contributed by atoms with van der Waals surface area (Å²) in [7, 11) is 0. The van der Waals surface area contributed by atoms with Gasteiger partial charge in [-0.15, -0.1) is 0 Å². The number of carbonyl (C=O) groups is 1. The number of hydrogen-bond donors (Lipinski definition) is 2. The first kappa shape index (κ1) is 18.0. The number of rotatable bonds is 6. The normalized spacial score (nSPS) is 10.6. The standard InChI is InChI=1S/C20H18ClNO4/c1-13-10-15(21)4-8-18(13)25-12-20(24)22-16-5-2-14(3-6-16)19-9-7-17(11-23)26-19/h2-10,23H,11-12H2,1H3,(H,22,24). The summed E-state index contributed by atoms with van der Waals surface area (Å²) in [6.07, 6.45) is 0. The maximum absolute atomic E-state index is 12.1. The van der Waals surface area contributed by atoms with E-state index in [-0.39, 0.29) is 19.1 Å². The Bertz CT molecular complexity index is 902. The number of halogens is 1. The highest BCUT2D eigenvalue weighted by Gasteiger charge is 2.08. The predicted octanol–water partition coefficient (Wildman–Crippen LogP) is 4.42. The molecule has 3 rings (SSSR count). The van der Waals surface area contributed by atoms with E-state index in [2.05, 4.69) is 5.32 Å². The van der Waals surface area contributed by atoms with Gasteiger partial charge in [0.05, 0.1) is 0 Å². The van der Waals surface area contributed by atoms with Crippen molar-refractivity contribution in [2.24, 2.45) is 0 Å². The largest absolute Gasteiger partial charge is 0.483 e. The monoisotopic (exact) mass is 371 g/mol. The summed E-state index contributed by atoms with van der Waals surface area (Å²) >= 11 is 5.90. The van der Waals surface area contributed by atoms with Crippen LogP contribution in [0.15, 0.2) is 59.0 Å². The molecule has 0 aliphatic heterocycles. The Morgan fingerprint density at radius 3 is 2.58 bits per heavy atom. The predicted molar refractivity (Wildman–Crippen MR) is 100 cm³/mol. The van der Waals surface area contributed by atoms with Crippen molar-refractivity contribution < 1.29 is 19.1 Å². The Kier molecular flexibility index (Phi) is 5.61. The molecular weight excluding hydrogens is 354 g/mol. The summed E-state index contributed by atoms with van der Waals surface area (Å²) in [5, 5.41) is 12.4. The quantitative estimate of drug-likeness (QED) is 0.672. The number of carbonyl (C=O) groups excluding carboxylic acids is 1. The fourth-order valence-electron chi connectivity index (χ4n) is 2.45. The summed E-state index contributed by atoms with van der Waals surface area (Å²) in [4.78, 5) is 12.1.